The molecular formula is C31H41N3O11. The minimum Gasteiger partial charge on any atom is -0.479 e. The minimum absolute atomic E-state index is 0.0137. The van der Waals surface area contributed by atoms with Crippen LogP contribution in [0.1, 0.15) is 71.3 Å². The van der Waals surface area contributed by atoms with Crippen LogP contribution in [0.2, 0.25) is 0 Å². The number of rotatable bonds is 15. The Balaban J connectivity index is 1.52. The van der Waals surface area contributed by atoms with Gasteiger partial charge in [-0.25, -0.2) is 4.79 Å². The normalized spacial score (nSPS) is 19.7. The van der Waals surface area contributed by atoms with Crippen molar-refractivity contribution in [2.45, 2.75) is 90.8 Å². The lowest BCUT2D eigenvalue weighted by Crippen LogP contribution is -2.42. The first-order valence-electron chi connectivity index (χ1n) is 14.9. The third kappa shape index (κ3) is 11.3. The lowest BCUT2D eigenvalue weighted by molar-refractivity contribution is -0.195. The zero-order chi connectivity index (χ0) is 33.1. The fraction of sp³-hybridized carbons (Fsp3) is 0.548. The van der Waals surface area contributed by atoms with Gasteiger partial charge in [0.25, 0.3) is 11.8 Å². The maximum Gasteiger partial charge on any atom is 0.333 e. The number of nitrogens with zero attached hydrogens (tertiary/aromatic N) is 1. The van der Waals surface area contributed by atoms with Crippen molar-refractivity contribution in [1.82, 2.24) is 10.2 Å². The van der Waals surface area contributed by atoms with Gasteiger partial charge in [0, 0.05) is 50.9 Å². The molecular weight excluding hydrogens is 590 g/mol. The summed E-state index contributed by atoms with van der Waals surface area (Å²) in [5, 5.41) is 24.8. The van der Waals surface area contributed by atoms with Gasteiger partial charge in [0.15, 0.2) is 6.10 Å². The van der Waals surface area contributed by atoms with Gasteiger partial charge in [-0.2, -0.15) is 0 Å². The van der Waals surface area contributed by atoms with E-state index in [9.17, 15) is 39.0 Å². The molecule has 1 aromatic carbocycles. The van der Waals surface area contributed by atoms with Crippen LogP contribution < -0.4 is 15.4 Å². The number of hydrogen-bond donors (Lipinski definition) is 4. The van der Waals surface area contributed by atoms with E-state index in [1.165, 1.54) is 18.2 Å². The summed E-state index contributed by atoms with van der Waals surface area (Å²) in [5.74, 6) is -2.87. The Morgan fingerprint density at radius 2 is 1.71 bits per heavy atom. The molecule has 2 aliphatic rings. The number of unbranched alkanes of at least 4 members (excludes halogenated alkanes) is 2. The van der Waals surface area contributed by atoms with E-state index in [-0.39, 0.29) is 68.0 Å². The van der Waals surface area contributed by atoms with Gasteiger partial charge in [-0.05, 0) is 51.3 Å². The average Bonchev–Trinajstić information content (AvgIpc) is 3.28. The zero-order valence-electron chi connectivity index (χ0n) is 25.7. The molecule has 2 heterocycles. The van der Waals surface area contributed by atoms with Crippen LogP contribution in [0, 0.1) is 5.41 Å². The van der Waals surface area contributed by atoms with Gasteiger partial charge in [0.2, 0.25) is 18.1 Å². The number of hydrogen-bond acceptors (Lipinski definition) is 10. The highest BCUT2D eigenvalue weighted by Gasteiger charge is 2.34. The van der Waals surface area contributed by atoms with Crippen LogP contribution in [0.4, 0.5) is 5.69 Å². The molecule has 14 heteroatoms. The molecule has 3 atom stereocenters. The van der Waals surface area contributed by atoms with Crippen LogP contribution in [-0.4, -0.2) is 82.3 Å². The fourth-order valence-corrected chi connectivity index (χ4v) is 4.47. The van der Waals surface area contributed by atoms with Crippen molar-refractivity contribution >= 4 is 41.3 Å². The summed E-state index contributed by atoms with van der Waals surface area (Å²) in [7, 11) is 0. The number of imide groups is 1. The zero-order valence-corrected chi connectivity index (χ0v) is 25.7. The van der Waals surface area contributed by atoms with E-state index >= 15 is 0 Å². The Kier molecular flexibility index (Phi) is 12.6. The van der Waals surface area contributed by atoms with Crippen molar-refractivity contribution in [1.29, 1.82) is 0 Å². The van der Waals surface area contributed by atoms with Gasteiger partial charge >= 0.3 is 11.9 Å². The maximum absolute atomic E-state index is 12.8. The first-order valence-corrected chi connectivity index (χ1v) is 14.9. The quantitative estimate of drug-likeness (QED) is 0.126. The number of benzene rings is 1. The molecule has 3 unspecified atom stereocenters. The second-order valence-electron chi connectivity index (χ2n) is 11.9. The molecule has 4 amide bonds. The Morgan fingerprint density at radius 1 is 1.00 bits per heavy atom. The molecule has 1 saturated heterocycles. The van der Waals surface area contributed by atoms with Crippen molar-refractivity contribution in [3.63, 3.8) is 0 Å². The molecule has 0 saturated carbocycles. The number of amides is 4. The molecule has 45 heavy (non-hydrogen) atoms. The Morgan fingerprint density at radius 3 is 2.38 bits per heavy atom. The second-order valence-corrected chi connectivity index (χ2v) is 11.9. The molecule has 0 aliphatic carbocycles. The van der Waals surface area contributed by atoms with Crippen molar-refractivity contribution < 1.29 is 53.2 Å². The third-order valence-corrected chi connectivity index (χ3v) is 6.96. The minimum atomic E-state index is -1.26. The van der Waals surface area contributed by atoms with Crippen molar-refractivity contribution in [2.75, 3.05) is 18.4 Å². The number of aliphatic carboxylic acids is 1. The highest BCUT2D eigenvalue weighted by molar-refractivity contribution is 6.12. The Labute approximate surface area is 261 Å². The van der Waals surface area contributed by atoms with Crippen molar-refractivity contribution in [3.8, 4) is 5.75 Å². The second kappa shape index (κ2) is 16.1. The SMILES string of the molecule is CC(C)(C)C(=O)OCc1ccc(OC2CC(O)CC(C(=O)O)O2)c(NC(=O)CCNC(=O)CCCCCN2C(=O)C=CC2=O)c1. The number of carboxylic acid groups (broad SMARTS) is 1. The number of carbonyl (C=O) groups excluding carboxylic acids is 5. The summed E-state index contributed by atoms with van der Waals surface area (Å²) in [5.41, 5.74) is 0.0407. The Hall–Kier alpha value is -4.30. The summed E-state index contributed by atoms with van der Waals surface area (Å²) in [6.07, 6.45) is 1.01. The highest BCUT2D eigenvalue weighted by Crippen LogP contribution is 2.31. The molecule has 1 aromatic rings. The first-order chi connectivity index (χ1) is 21.2. The number of nitrogens with one attached hydrogen (secondary N) is 2. The monoisotopic (exact) mass is 631 g/mol. The lowest BCUT2D eigenvalue weighted by atomic mass is 9.97. The number of carbonyl (C=O) groups is 6. The average molecular weight is 632 g/mol. The molecule has 0 aromatic heterocycles. The Bertz CT molecular complexity index is 1290. The number of aliphatic hydroxyl groups is 1. The largest absolute Gasteiger partial charge is 0.479 e. The van der Waals surface area contributed by atoms with Gasteiger partial charge in [-0.3, -0.25) is 28.9 Å². The predicted octanol–water partition coefficient (Wildman–Crippen LogP) is 2.04. The molecule has 0 bridgehead atoms. The maximum atomic E-state index is 12.8. The van der Waals surface area contributed by atoms with E-state index in [0.29, 0.717) is 31.4 Å². The van der Waals surface area contributed by atoms with Crippen molar-refractivity contribution in [3.05, 3.63) is 35.9 Å². The van der Waals surface area contributed by atoms with Gasteiger partial charge in [0.1, 0.15) is 12.4 Å². The molecule has 14 nitrogen and oxygen atoms in total. The summed E-state index contributed by atoms with van der Waals surface area (Å²) in [6, 6.07) is 4.69. The smallest absolute Gasteiger partial charge is 0.333 e. The topological polar surface area (TPSA) is 198 Å². The van der Waals surface area contributed by atoms with E-state index in [1.54, 1.807) is 32.9 Å². The lowest BCUT2D eigenvalue weighted by Gasteiger charge is -2.31. The van der Waals surface area contributed by atoms with Gasteiger partial charge in [-0.1, -0.05) is 12.5 Å². The van der Waals surface area contributed by atoms with E-state index in [4.69, 9.17) is 14.2 Å². The molecule has 0 spiro atoms. The van der Waals surface area contributed by atoms with E-state index < -0.39 is 41.8 Å². The van der Waals surface area contributed by atoms with E-state index in [0.717, 1.165) is 4.90 Å². The van der Waals surface area contributed by atoms with Gasteiger partial charge in [-0.15, -0.1) is 0 Å². The van der Waals surface area contributed by atoms with Crippen LogP contribution in [0.25, 0.3) is 0 Å². The van der Waals surface area contributed by atoms with E-state index in [1.807, 2.05) is 0 Å². The third-order valence-electron chi connectivity index (χ3n) is 6.96. The van der Waals surface area contributed by atoms with Gasteiger partial charge in [0.05, 0.1) is 17.2 Å². The predicted molar refractivity (Wildman–Crippen MR) is 158 cm³/mol. The van der Waals surface area contributed by atoms with Crippen molar-refractivity contribution in [2.24, 2.45) is 5.41 Å². The van der Waals surface area contributed by atoms with Crippen LogP contribution in [-0.2, 0) is 44.8 Å². The summed E-state index contributed by atoms with van der Waals surface area (Å²) in [4.78, 5) is 72.9. The molecule has 0 radical (unpaired) electrons. The standard InChI is InChI=1S/C31H41N3O11/c1-31(2,3)30(42)43-18-19-8-9-22(44-28-17-20(35)16-23(45-28)29(40)41)21(15-19)33-25(37)12-13-32-24(36)7-5-4-6-14-34-26(38)10-11-27(34)39/h8-11,15,20,23,28,35H,4-7,12-14,16-18H2,1-3H3,(H,32,36)(H,33,37)(H,40,41). The molecule has 2 aliphatic heterocycles. The van der Waals surface area contributed by atoms with E-state index in [2.05, 4.69) is 10.6 Å². The molecule has 1 fully saturated rings. The summed E-state index contributed by atoms with van der Waals surface area (Å²) < 4.78 is 16.7. The van der Waals surface area contributed by atoms with Crippen LogP contribution in [0.15, 0.2) is 30.4 Å². The number of anilines is 1. The number of esters is 1. The number of ether oxygens (including phenoxy) is 3. The summed E-state index contributed by atoms with van der Waals surface area (Å²) in [6.45, 7) is 5.45. The fourth-order valence-electron chi connectivity index (χ4n) is 4.47. The molecule has 246 valence electrons. The van der Waals surface area contributed by atoms with Crippen LogP contribution in [0.5, 0.6) is 5.75 Å². The molecule has 3 rings (SSSR count). The number of aliphatic hydroxyl groups excluding tert-OH is 1. The highest BCUT2D eigenvalue weighted by atomic mass is 16.7. The van der Waals surface area contributed by atoms with Crippen LogP contribution in [0.3, 0.4) is 0 Å². The number of carboxylic acids is 1. The summed E-state index contributed by atoms with van der Waals surface area (Å²) >= 11 is 0. The molecule has 4 N–H and O–H groups in total. The van der Waals surface area contributed by atoms with Gasteiger partial charge < -0.3 is 35.1 Å². The first kappa shape index (κ1) is 35.2. The van der Waals surface area contributed by atoms with Crippen LogP contribution >= 0.6 is 0 Å².